The van der Waals surface area contributed by atoms with Gasteiger partial charge in [-0.2, -0.15) is 0 Å². The summed E-state index contributed by atoms with van der Waals surface area (Å²) in [6.45, 7) is 11.5. The average Bonchev–Trinajstić information content (AvgIpc) is 3.39. The lowest BCUT2D eigenvalue weighted by molar-refractivity contribution is -0.116. The molecule has 0 amide bonds. The Kier molecular flexibility index (Phi) is 7.25. The van der Waals surface area contributed by atoms with Gasteiger partial charge in [-0.25, -0.2) is 9.50 Å². The Hall–Kier alpha value is -2.97. The zero-order valence-corrected chi connectivity index (χ0v) is 19.7. The fraction of sp³-hybridized carbons (Fsp3) is 0.480. The number of hydrogen-bond donors (Lipinski definition) is 1. The van der Waals surface area contributed by atoms with Crippen LogP contribution in [0.2, 0.25) is 0 Å². The normalized spacial score (nSPS) is 16.8. The Bertz CT molecular complexity index is 1090. The second kappa shape index (κ2) is 10.3. The van der Waals surface area contributed by atoms with Crippen molar-refractivity contribution in [3.63, 3.8) is 0 Å². The molecule has 2 aromatic heterocycles. The summed E-state index contributed by atoms with van der Waals surface area (Å²) in [5.74, 6) is 2.05. The topological polar surface area (TPSA) is 81.0 Å². The lowest BCUT2D eigenvalue weighted by Crippen LogP contribution is -2.45. The van der Waals surface area contributed by atoms with Gasteiger partial charge in [0, 0.05) is 37.5 Å². The molecule has 0 saturated carbocycles. The molecule has 33 heavy (non-hydrogen) atoms. The Labute approximate surface area is 194 Å². The van der Waals surface area contributed by atoms with Crippen LogP contribution < -0.4 is 10.1 Å². The van der Waals surface area contributed by atoms with Gasteiger partial charge in [-0.15, -0.1) is 5.10 Å². The first kappa shape index (κ1) is 23.2. The van der Waals surface area contributed by atoms with E-state index in [4.69, 9.17) is 9.47 Å². The van der Waals surface area contributed by atoms with Gasteiger partial charge in [0.2, 0.25) is 5.88 Å². The molecule has 0 atom stereocenters. The number of carbonyl (C=O) groups is 1. The summed E-state index contributed by atoms with van der Waals surface area (Å²) in [6, 6.07) is 11.2. The molecule has 8 nitrogen and oxygen atoms in total. The van der Waals surface area contributed by atoms with Gasteiger partial charge in [-0.3, -0.25) is 4.79 Å². The van der Waals surface area contributed by atoms with Crippen LogP contribution in [0.15, 0.2) is 42.6 Å². The molecule has 0 aliphatic carbocycles. The van der Waals surface area contributed by atoms with E-state index < -0.39 is 0 Å². The van der Waals surface area contributed by atoms with Crippen molar-refractivity contribution in [2.75, 3.05) is 44.7 Å². The van der Waals surface area contributed by atoms with E-state index >= 15 is 0 Å². The molecule has 1 N–H and O–H groups in total. The number of fused-ring (bicyclic) bond motifs is 1. The van der Waals surface area contributed by atoms with Crippen molar-refractivity contribution in [3.8, 4) is 11.6 Å². The van der Waals surface area contributed by atoms with Crippen LogP contribution in [0.5, 0.6) is 11.6 Å². The maximum absolute atomic E-state index is 11.3. The maximum atomic E-state index is 11.3. The van der Waals surface area contributed by atoms with E-state index in [0.29, 0.717) is 23.5 Å². The lowest BCUT2D eigenvalue weighted by Gasteiger charge is -2.37. The molecule has 4 heterocycles. The highest BCUT2D eigenvalue weighted by Crippen LogP contribution is 2.37. The minimum absolute atomic E-state index is 0.122. The second-order valence-corrected chi connectivity index (χ2v) is 8.67. The van der Waals surface area contributed by atoms with Crippen LogP contribution in [0.4, 0.5) is 5.82 Å². The number of Topliss-reactive ketones (excluding diaryl/α,β-unsaturated/α-hetero) is 1. The van der Waals surface area contributed by atoms with Crippen molar-refractivity contribution in [1.29, 1.82) is 0 Å². The van der Waals surface area contributed by atoms with Gasteiger partial charge < -0.3 is 19.7 Å². The molecular weight excluding hydrogens is 418 g/mol. The number of carbonyl (C=O) groups excluding carboxylic acids is 1. The Balaban J connectivity index is 0.00000126. The molecule has 176 valence electrons. The highest BCUT2D eigenvalue weighted by Gasteiger charge is 2.43. The Morgan fingerprint density at radius 3 is 2.82 bits per heavy atom. The molecule has 2 fully saturated rings. The van der Waals surface area contributed by atoms with Crippen LogP contribution in [-0.2, 0) is 16.0 Å². The first-order valence-electron chi connectivity index (χ1n) is 11.7. The minimum Gasteiger partial charge on any atom is -0.438 e. The molecule has 2 saturated heterocycles. The number of hydrogen-bond acceptors (Lipinski definition) is 7. The molecule has 1 aromatic carbocycles. The predicted octanol–water partition coefficient (Wildman–Crippen LogP) is 3.81. The highest BCUT2D eigenvalue weighted by atomic mass is 16.5. The molecule has 8 heteroatoms. The van der Waals surface area contributed by atoms with Crippen LogP contribution in [0.25, 0.3) is 5.65 Å². The number of rotatable bonds is 8. The summed E-state index contributed by atoms with van der Waals surface area (Å²) in [7, 11) is 0. The fourth-order valence-corrected chi connectivity index (χ4v) is 4.32. The Morgan fingerprint density at radius 2 is 2.09 bits per heavy atom. The summed E-state index contributed by atoms with van der Waals surface area (Å²) in [5, 5.41) is 7.91. The molecular formula is C25H33N5O3. The number of ketones is 1. The summed E-state index contributed by atoms with van der Waals surface area (Å²) < 4.78 is 13.0. The number of benzene rings is 1. The van der Waals surface area contributed by atoms with E-state index in [1.54, 1.807) is 17.5 Å². The highest BCUT2D eigenvalue weighted by molar-refractivity contribution is 5.78. The van der Waals surface area contributed by atoms with E-state index in [9.17, 15) is 4.79 Å². The van der Waals surface area contributed by atoms with E-state index in [1.165, 1.54) is 6.42 Å². The smallest absolute Gasteiger partial charge is 0.237 e. The third-order valence-electron chi connectivity index (χ3n) is 5.94. The van der Waals surface area contributed by atoms with Crippen LogP contribution in [-0.4, -0.2) is 64.7 Å². The summed E-state index contributed by atoms with van der Waals surface area (Å²) in [5.41, 5.74) is 2.11. The summed E-state index contributed by atoms with van der Waals surface area (Å²) >= 11 is 0. The van der Waals surface area contributed by atoms with E-state index in [2.05, 4.69) is 20.3 Å². The van der Waals surface area contributed by atoms with Crippen molar-refractivity contribution >= 4 is 17.2 Å². The molecule has 5 rings (SSSR count). The average molecular weight is 452 g/mol. The maximum Gasteiger partial charge on any atom is 0.237 e. The summed E-state index contributed by atoms with van der Waals surface area (Å²) in [6.07, 6.45) is 3.51. The van der Waals surface area contributed by atoms with Crippen LogP contribution in [0, 0.1) is 5.41 Å². The second-order valence-electron chi connectivity index (χ2n) is 8.67. The fourth-order valence-electron chi connectivity index (χ4n) is 4.32. The lowest BCUT2D eigenvalue weighted by atomic mass is 9.85. The number of imidazole rings is 1. The SMILES string of the molecule is CC.CC(=O)Cc1cccc(Oc2ccc3nc(NCCN4CCC5(COC5)C4)cn3n2)c1. The first-order valence-corrected chi connectivity index (χ1v) is 11.7. The third-order valence-corrected chi connectivity index (χ3v) is 5.94. The van der Waals surface area contributed by atoms with Crippen molar-refractivity contribution < 1.29 is 14.3 Å². The third kappa shape index (κ3) is 5.69. The number of likely N-dealkylation sites (tertiary alicyclic amines) is 1. The molecule has 2 aliphatic heterocycles. The van der Waals surface area contributed by atoms with Gasteiger partial charge in [0.05, 0.1) is 19.4 Å². The van der Waals surface area contributed by atoms with Crippen molar-refractivity contribution in [2.45, 2.75) is 33.6 Å². The molecule has 0 unspecified atom stereocenters. The van der Waals surface area contributed by atoms with Gasteiger partial charge in [0.1, 0.15) is 17.4 Å². The number of aromatic nitrogens is 3. The van der Waals surface area contributed by atoms with Crippen LogP contribution in [0.1, 0.15) is 32.8 Å². The van der Waals surface area contributed by atoms with Crippen molar-refractivity contribution in [3.05, 3.63) is 48.2 Å². The van der Waals surface area contributed by atoms with Gasteiger partial charge in [0.15, 0.2) is 5.65 Å². The molecule has 0 radical (unpaired) electrons. The quantitative estimate of drug-likeness (QED) is 0.558. The standard InChI is InChI=1S/C23H27N5O3.C2H6/c1-17(29)11-18-3-2-4-19(12-18)31-22-6-5-21-25-20(13-28(21)26-22)24-8-10-27-9-7-23(14-27)15-30-16-23;1-2/h2-6,12-13,24H,7-11,14-16H2,1H3;1-2H3. The van der Waals surface area contributed by atoms with E-state index in [1.807, 2.05) is 50.4 Å². The molecule has 0 bridgehead atoms. The largest absolute Gasteiger partial charge is 0.438 e. The van der Waals surface area contributed by atoms with Gasteiger partial charge >= 0.3 is 0 Å². The summed E-state index contributed by atoms with van der Waals surface area (Å²) in [4.78, 5) is 18.4. The number of anilines is 1. The van der Waals surface area contributed by atoms with E-state index in [0.717, 1.165) is 56.4 Å². The first-order chi connectivity index (χ1) is 16.1. The van der Waals surface area contributed by atoms with Crippen molar-refractivity contribution in [1.82, 2.24) is 19.5 Å². The van der Waals surface area contributed by atoms with Crippen LogP contribution >= 0.6 is 0 Å². The van der Waals surface area contributed by atoms with Gasteiger partial charge in [-0.05, 0) is 43.7 Å². The minimum atomic E-state index is 0.122. The van der Waals surface area contributed by atoms with Gasteiger partial charge in [-0.1, -0.05) is 26.0 Å². The van der Waals surface area contributed by atoms with E-state index in [-0.39, 0.29) is 5.78 Å². The number of ether oxygens (including phenoxy) is 2. The molecule has 1 spiro atoms. The van der Waals surface area contributed by atoms with Crippen molar-refractivity contribution in [2.24, 2.45) is 5.41 Å². The zero-order chi connectivity index (χ0) is 23.3. The number of nitrogens with one attached hydrogen (secondary N) is 1. The zero-order valence-electron chi connectivity index (χ0n) is 19.7. The van der Waals surface area contributed by atoms with Gasteiger partial charge in [0.25, 0.3) is 0 Å². The Morgan fingerprint density at radius 1 is 1.24 bits per heavy atom. The molecule has 2 aliphatic rings. The van der Waals surface area contributed by atoms with Crippen LogP contribution in [0.3, 0.4) is 0 Å². The number of nitrogens with zero attached hydrogens (tertiary/aromatic N) is 4. The predicted molar refractivity (Wildman–Crippen MR) is 128 cm³/mol. The molecule has 3 aromatic rings. The monoisotopic (exact) mass is 451 g/mol.